The zero-order valence-electron chi connectivity index (χ0n) is 71.2. The number of hydrogen-bond acceptors (Lipinski definition) is 35. The van der Waals surface area contributed by atoms with E-state index in [1.54, 1.807) is 91.0 Å². The smallest absolute Gasteiger partial charge is 0.305 e. The number of carbonyl (C=O) groups is 13. The fourth-order valence-corrected chi connectivity index (χ4v) is 14.0. The van der Waals surface area contributed by atoms with Gasteiger partial charge in [-0.2, -0.15) is 0 Å². The Bertz CT molecular complexity index is 3900. The van der Waals surface area contributed by atoms with Crippen LogP contribution in [0, 0.1) is 0 Å². The Morgan fingerprint density at radius 2 is 0.634 bits per heavy atom. The minimum absolute atomic E-state index is 0.0703. The summed E-state index contributed by atoms with van der Waals surface area (Å²) in [4.78, 5) is 170. The van der Waals surface area contributed by atoms with Gasteiger partial charge in [0.15, 0.2) is 49.6 Å². The molecule has 123 heavy (non-hydrogen) atoms. The number of hydrogen-bond donors (Lipinski definition) is 6. The standard InChI is InChI=1S/C84H116N4O35/c1-45-65(85-77(100)60(117-53(9)93)33-38-105-49(5)89)69(98)74(82(114-45)109-37-25-17-24-32-64(97)104-13)121-83-76(73(112-44-59-30-22-16-23-31-59)68(47(3)115-83)88-80(103)63(120-56(12)96)36-41-108-52(8)92)123-84-75(72(111-43-58-28-20-15-21-29-58)67(48(4)116-84)87-79(102)62(119-55(11)95)35-40-107-51(7)91)122-81-70(99)71(110-42-57-26-18-14-19-27-57)66(46(2)113-81)86-78(101)61(118-54(10)94)34-39-106-50(6)90/h14-16,18-23,26-31,45-48,60-63,65-76,81-84,98-99H,17,24-25,32-44H2,1-13H3,(H,85,100)(H,86,101)(H,87,102)(H,88,103)/t45-,46-,47-,48-,60-,61-,62-,63-,65-,66-,67-,68-,69+,70+,71+,72+,73+,74+,75+,76+,81-,82+,83-,84-/m1/s1. The third-order valence-corrected chi connectivity index (χ3v) is 19.9. The van der Waals surface area contributed by atoms with Crippen molar-refractivity contribution >= 4 is 77.4 Å². The van der Waals surface area contributed by atoms with E-state index in [0.717, 1.165) is 55.4 Å². The molecule has 3 aromatic rings. The van der Waals surface area contributed by atoms with E-state index in [1.165, 1.54) is 34.8 Å². The minimum atomic E-state index is -2.03. The number of methoxy groups -OCH3 is 1. The van der Waals surface area contributed by atoms with E-state index < -0.39 is 238 Å². The van der Waals surface area contributed by atoms with Gasteiger partial charge in [0.1, 0.15) is 48.8 Å². The number of rotatable bonds is 46. The summed E-state index contributed by atoms with van der Waals surface area (Å²) in [5.41, 5.74) is 1.64. The van der Waals surface area contributed by atoms with E-state index in [4.69, 9.17) is 94.7 Å². The van der Waals surface area contributed by atoms with Gasteiger partial charge in [-0.25, -0.2) is 0 Å². The van der Waals surface area contributed by atoms with Gasteiger partial charge in [0.05, 0.1) is 102 Å². The molecule has 4 heterocycles. The Morgan fingerprint density at radius 3 is 0.976 bits per heavy atom. The summed E-state index contributed by atoms with van der Waals surface area (Å²) in [5.74, 6) is -10.7. The van der Waals surface area contributed by atoms with E-state index in [9.17, 15) is 63.0 Å². The highest BCUT2D eigenvalue weighted by molar-refractivity contribution is 5.86. The SMILES string of the molecule is COC(=O)CCCCCO[C@H]1O[C@H](C)[C@@H](NC(=O)[C@@H](CCOC(C)=O)OC(C)=O)[C@H](O)[C@@H]1O[C@H]1O[C@H](C)[C@@H](NC(=O)[C@@H](CCOC(C)=O)OC(C)=O)[C@H](OCc2ccccc2)[C@@H]1O[C@H]1O[C@H](C)[C@@H](NC(=O)[C@@H](CCOC(C)=O)OC(C)=O)[C@H](OCc2ccccc2)[C@@H]1O[C@H]1O[C@H](C)[C@@H](NC(=O)[C@@H](CCOC(C)=O)OC(C)=O)[C@H](OCc2ccccc2)[C@@H]1O. The van der Waals surface area contributed by atoms with E-state index in [2.05, 4.69) is 21.3 Å². The highest BCUT2D eigenvalue weighted by atomic mass is 16.8. The number of benzene rings is 3. The summed E-state index contributed by atoms with van der Waals surface area (Å²) in [6, 6.07) is 20.1. The molecule has 0 aromatic heterocycles. The highest BCUT2D eigenvalue weighted by Gasteiger charge is 2.58. The average Bonchev–Trinajstić information content (AvgIpc) is 0.759. The van der Waals surface area contributed by atoms with Gasteiger partial charge in [-0.1, -0.05) is 97.4 Å². The predicted molar refractivity (Wildman–Crippen MR) is 420 cm³/mol. The first-order valence-corrected chi connectivity index (χ1v) is 40.6. The van der Waals surface area contributed by atoms with Crippen molar-refractivity contribution in [2.75, 3.05) is 40.1 Å². The summed E-state index contributed by atoms with van der Waals surface area (Å²) >= 11 is 0. The van der Waals surface area contributed by atoms with E-state index in [0.29, 0.717) is 29.5 Å². The molecule has 4 aliphatic heterocycles. The van der Waals surface area contributed by atoms with Crippen molar-refractivity contribution in [1.29, 1.82) is 0 Å². The second-order valence-electron chi connectivity index (χ2n) is 29.7. The topological polar surface area (TPSA) is 495 Å². The number of ether oxygens (including phenoxy) is 20. The molecular weight excluding hydrogens is 1620 g/mol. The van der Waals surface area contributed by atoms with Crippen LogP contribution >= 0.6 is 0 Å². The molecule has 0 saturated carbocycles. The molecule has 4 amide bonds. The maximum atomic E-state index is 15.1. The molecule has 39 nitrogen and oxygen atoms in total. The van der Waals surface area contributed by atoms with Gasteiger partial charge in [0.2, 0.25) is 0 Å². The van der Waals surface area contributed by atoms with Gasteiger partial charge in [0, 0.05) is 94.1 Å². The lowest BCUT2D eigenvalue weighted by atomic mass is 9.93. The number of unbranched alkanes of at least 4 members (excludes halogenated alkanes) is 2. The Kier molecular flexibility index (Phi) is 41.5. The molecule has 3 aromatic carbocycles. The zero-order valence-corrected chi connectivity index (χ0v) is 71.2. The third-order valence-electron chi connectivity index (χ3n) is 19.9. The van der Waals surface area contributed by atoms with Gasteiger partial charge in [-0.15, -0.1) is 0 Å². The lowest BCUT2D eigenvalue weighted by molar-refractivity contribution is -0.392. The van der Waals surface area contributed by atoms with E-state index >= 15 is 9.59 Å². The lowest BCUT2D eigenvalue weighted by Crippen LogP contribution is -2.71. The summed E-state index contributed by atoms with van der Waals surface area (Å²) in [6.45, 7) is 12.2. The molecule has 0 radical (unpaired) electrons. The van der Waals surface area contributed by atoms with Crippen molar-refractivity contribution in [2.45, 2.75) is 301 Å². The largest absolute Gasteiger partial charge is 0.469 e. The highest BCUT2D eigenvalue weighted by Crippen LogP contribution is 2.39. The Balaban J connectivity index is 1.47. The van der Waals surface area contributed by atoms with Crippen LogP contribution in [0.3, 0.4) is 0 Å². The van der Waals surface area contributed by atoms with Crippen LogP contribution in [-0.4, -0.2) is 275 Å². The number of aliphatic hydroxyl groups is 2. The van der Waals surface area contributed by atoms with Crippen molar-refractivity contribution < 1.29 is 167 Å². The van der Waals surface area contributed by atoms with Crippen LogP contribution in [-0.2, 0) is 177 Å². The van der Waals surface area contributed by atoms with Gasteiger partial charge < -0.3 is 126 Å². The average molecular weight is 1740 g/mol. The third kappa shape index (κ3) is 32.7. The summed E-state index contributed by atoms with van der Waals surface area (Å²) in [6.07, 6.45) is -34.1. The van der Waals surface area contributed by atoms with Crippen molar-refractivity contribution in [3.8, 4) is 0 Å². The predicted octanol–water partition coefficient (Wildman–Crippen LogP) is 2.83. The number of nitrogens with one attached hydrogen (secondary N) is 4. The number of aliphatic hydroxyl groups excluding tert-OH is 2. The monoisotopic (exact) mass is 1740 g/mol. The summed E-state index contributed by atoms with van der Waals surface area (Å²) < 4.78 is 123. The lowest BCUT2D eigenvalue weighted by Gasteiger charge is -2.52. The Hall–Kier alpha value is -9.75. The van der Waals surface area contributed by atoms with Crippen LogP contribution in [0.15, 0.2) is 91.0 Å². The van der Waals surface area contributed by atoms with Crippen molar-refractivity contribution in [2.24, 2.45) is 0 Å². The zero-order chi connectivity index (χ0) is 90.0. The molecule has 4 fully saturated rings. The van der Waals surface area contributed by atoms with Crippen molar-refractivity contribution in [3.63, 3.8) is 0 Å². The van der Waals surface area contributed by atoms with Crippen LogP contribution < -0.4 is 21.3 Å². The van der Waals surface area contributed by atoms with Crippen LogP contribution in [0.4, 0.5) is 0 Å². The summed E-state index contributed by atoms with van der Waals surface area (Å²) in [7, 11) is 1.25. The number of amides is 4. The van der Waals surface area contributed by atoms with Gasteiger partial charge in [-0.3, -0.25) is 62.3 Å². The molecule has 24 atom stereocenters. The first kappa shape index (κ1) is 100. The first-order valence-electron chi connectivity index (χ1n) is 40.6. The normalized spacial score (nSPS) is 27.1. The first-order chi connectivity index (χ1) is 58.6. The summed E-state index contributed by atoms with van der Waals surface area (Å²) in [5, 5.41) is 37.6. The fraction of sp³-hybridized carbons (Fsp3) is 0.631. The maximum absolute atomic E-state index is 15.1. The minimum Gasteiger partial charge on any atom is -0.469 e. The van der Waals surface area contributed by atoms with Gasteiger partial charge in [-0.05, 0) is 57.2 Å². The molecule has 0 unspecified atom stereocenters. The Labute approximate surface area is 712 Å². The molecule has 0 aliphatic carbocycles. The van der Waals surface area contributed by atoms with Crippen LogP contribution in [0.2, 0.25) is 0 Å². The van der Waals surface area contributed by atoms with Crippen LogP contribution in [0.1, 0.15) is 151 Å². The molecule has 39 heteroatoms. The van der Waals surface area contributed by atoms with E-state index in [-0.39, 0.29) is 78.2 Å². The number of esters is 9. The van der Waals surface area contributed by atoms with Crippen molar-refractivity contribution in [1.82, 2.24) is 21.3 Å². The molecule has 4 saturated heterocycles. The number of carbonyl (C=O) groups excluding carboxylic acids is 13. The fourth-order valence-electron chi connectivity index (χ4n) is 14.0. The molecule has 6 N–H and O–H groups in total. The van der Waals surface area contributed by atoms with Crippen LogP contribution in [0.25, 0.3) is 0 Å². The van der Waals surface area contributed by atoms with Crippen LogP contribution in [0.5, 0.6) is 0 Å². The molecule has 7 rings (SSSR count). The second kappa shape index (κ2) is 50.9. The van der Waals surface area contributed by atoms with Gasteiger partial charge in [0.25, 0.3) is 23.6 Å². The second-order valence-corrected chi connectivity index (χ2v) is 29.7. The molecule has 682 valence electrons. The maximum Gasteiger partial charge on any atom is 0.305 e. The Morgan fingerprint density at radius 1 is 0.333 bits per heavy atom. The molecular formula is C84H116N4O35. The molecule has 0 bridgehead atoms. The molecule has 4 aliphatic rings. The van der Waals surface area contributed by atoms with Crippen molar-refractivity contribution in [3.05, 3.63) is 108 Å². The quantitative estimate of drug-likeness (QED) is 0.0269. The van der Waals surface area contributed by atoms with E-state index in [1.807, 2.05) is 0 Å². The molecule has 0 spiro atoms. The van der Waals surface area contributed by atoms with Gasteiger partial charge >= 0.3 is 53.7 Å².